The predicted octanol–water partition coefficient (Wildman–Crippen LogP) is 2.27. The van der Waals surface area contributed by atoms with E-state index in [9.17, 15) is 5.11 Å². The molecule has 0 aliphatic carbocycles. The lowest BCUT2D eigenvalue weighted by atomic mass is 10.0. The molecule has 1 aliphatic heterocycles. The Morgan fingerprint density at radius 2 is 2.41 bits per heavy atom. The second-order valence-electron chi connectivity index (χ2n) is 4.63. The molecule has 2 aromatic rings. The average Bonchev–Trinajstić information content (AvgIpc) is 2.89. The number of anilines is 1. The van der Waals surface area contributed by atoms with Crippen LogP contribution in [0.2, 0.25) is 0 Å². The Kier molecular flexibility index (Phi) is 2.80. The number of aromatic nitrogens is 2. The lowest BCUT2D eigenvalue weighted by Crippen LogP contribution is -2.38. The molecule has 92 valence electrons. The van der Waals surface area contributed by atoms with Crippen LogP contribution < -0.4 is 4.90 Å². The van der Waals surface area contributed by atoms with E-state index >= 15 is 0 Å². The highest BCUT2D eigenvalue weighted by molar-refractivity contribution is 7.15. The van der Waals surface area contributed by atoms with Crippen molar-refractivity contribution < 1.29 is 5.11 Å². The van der Waals surface area contributed by atoms with Crippen molar-refractivity contribution in [3.05, 3.63) is 17.3 Å². The van der Waals surface area contributed by atoms with Crippen molar-refractivity contribution in [3.63, 3.8) is 0 Å². The first-order valence-electron chi connectivity index (χ1n) is 6.13. The van der Waals surface area contributed by atoms with Crippen molar-refractivity contribution in [2.75, 3.05) is 11.4 Å². The Balaban J connectivity index is 2.05. The monoisotopic (exact) mass is 251 g/mol. The maximum Gasteiger partial charge on any atom is 0.195 e. The molecule has 1 fully saturated rings. The molecule has 17 heavy (non-hydrogen) atoms. The van der Waals surface area contributed by atoms with Gasteiger partial charge in [-0.05, 0) is 26.2 Å². The summed E-state index contributed by atoms with van der Waals surface area (Å²) in [4.78, 5) is 7.98. The molecule has 1 aliphatic rings. The lowest BCUT2D eigenvalue weighted by Gasteiger charge is -2.34. The second kappa shape index (κ2) is 4.31. The zero-order valence-corrected chi connectivity index (χ0v) is 10.8. The first kappa shape index (κ1) is 11.0. The van der Waals surface area contributed by atoms with Crippen LogP contribution in [0, 0.1) is 0 Å². The molecule has 0 radical (unpaired) electrons. The Bertz CT molecular complexity index is 519. The fourth-order valence-corrected chi connectivity index (χ4v) is 3.34. The Hall–Kier alpha value is -1.07. The van der Waals surface area contributed by atoms with Gasteiger partial charge in [-0.25, -0.2) is 4.98 Å². The molecule has 1 atom stereocenters. The van der Waals surface area contributed by atoms with Crippen LogP contribution in [0.1, 0.15) is 31.9 Å². The van der Waals surface area contributed by atoms with Gasteiger partial charge in [0.15, 0.2) is 10.8 Å². The molecule has 0 aromatic carbocycles. The van der Waals surface area contributed by atoms with Crippen LogP contribution in [0.4, 0.5) is 5.82 Å². The van der Waals surface area contributed by atoms with Crippen LogP contribution in [0.25, 0.3) is 4.96 Å². The van der Waals surface area contributed by atoms with Crippen LogP contribution >= 0.6 is 11.3 Å². The fourth-order valence-electron chi connectivity index (χ4n) is 2.61. The van der Waals surface area contributed by atoms with Gasteiger partial charge < -0.3 is 10.0 Å². The van der Waals surface area contributed by atoms with E-state index in [2.05, 4.69) is 16.8 Å². The number of hydrogen-bond donors (Lipinski definition) is 1. The Morgan fingerprint density at radius 1 is 1.53 bits per heavy atom. The number of nitrogens with zero attached hydrogens (tertiary/aromatic N) is 3. The molecule has 0 spiro atoms. The molecule has 2 aromatic heterocycles. The van der Waals surface area contributed by atoms with Crippen molar-refractivity contribution in [1.82, 2.24) is 9.38 Å². The van der Waals surface area contributed by atoms with Crippen LogP contribution in [0.3, 0.4) is 0 Å². The molecule has 4 nitrogen and oxygen atoms in total. The summed E-state index contributed by atoms with van der Waals surface area (Å²) in [6.45, 7) is 3.35. The van der Waals surface area contributed by atoms with Crippen molar-refractivity contribution in [1.29, 1.82) is 0 Å². The number of aliphatic hydroxyl groups excluding tert-OH is 1. The van der Waals surface area contributed by atoms with E-state index in [0.29, 0.717) is 6.04 Å². The molecular weight excluding hydrogens is 234 g/mol. The maximum absolute atomic E-state index is 9.56. The van der Waals surface area contributed by atoms with E-state index in [1.54, 1.807) is 11.3 Å². The zero-order valence-electron chi connectivity index (χ0n) is 9.96. The van der Waals surface area contributed by atoms with Crippen molar-refractivity contribution in [2.24, 2.45) is 0 Å². The van der Waals surface area contributed by atoms with Gasteiger partial charge in [0.2, 0.25) is 0 Å². The summed E-state index contributed by atoms with van der Waals surface area (Å²) >= 11 is 1.62. The van der Waals surface area contributed by atoms with Gasteiger partial charge in [-0.15, -0.1) is 11.3 Å². The molecule has 1 unspecified atom stereocenters. The SMILES string of the molecule is CC1CCCCN1c1nc2sccn2c1CO. The second-order valence-corrected chi connectivity index (χ2v) is 5.51. The third-order valence-electron chi connectivity index (χ3n) is 3.56. The van der Waals surface area contributed by atoms with E-state index in [0.717, 1.165) is 23.0 Å². The summed E-state index contributed by atoms with van der Waals surface area (Å²) in [6.07, 6.45) is 5.72. The molecule has 1 saturated heterocycles. The molecule has 3 rings (SSSR count). The van der Waals surface area contributed by atoms with E-state index in [4.69, 9.17) is 0 Å². The minimum atomic E-state index is 0.0520. The van der Waals surface area contributed by atoms with Gasteiger partial charge in [0.1, 0.15) is 0 Å². The van der Waals surface area contributed by atoms with Crippen molar-refractivity contribution in [3.8, 4) is 0 Å². The van der Waals surface area contributed by atoms with E-state index < -0.39 is 0 Å². The fraction of sp³-hybridized carbons (Fsp3) is 0.583. The minimum absolute atomic E-state index is 0.0520. The standard InChI is InChI=1S/C12H17N3OS/c1-9-4-2-3-5-14(9)11-10(8-16)15-6-7-17-12(15)13-11/h6-7,9,16H,2-5,8H2,1H3. The summed E-state index contributed by atoms with van der Waals surface area (Å²) in [6, 6.07) is 0.527. The first-order valence-corrected chi connectivity index (χ1v) is 7.01. The molecule has 1 N–H and O–H groups in total. The van der Waals surface area contributed by atoms with Crippen LogP contribution in [0.5, 0.6) is 0 Å². The number of hydrogen-bond acceptors (Lipinski definition) is 4. The number of thiazole rings is 1. The minimum Gasteiger partial charge on any atom is -0.390 e. The molecular formula is C12H17N3OS. The van der Waals surface area contributed by atoms with Gasteiger partial charge in [0.05, 0.1) is 12.3 Å². The number of fused-ring (bicyclic) bond motifs is 1. The van der Waals surface area contributed by atoms with Crippen LogP contribution in [-0.2, 0) is 6.61 Å². The molecule has 0 amide bonds. The quantitative estimate of drug-likeness (QED) is 0.890. The van der Waals surface area contributed by atoms with Gasteiger partial charge >= 0.3 is 0 Å². The van der Waals surface area contributed by atoms with Gasteiger partial charge in [-0.1, -0.05) is 0 Å². The number of aliphatic hydroxyl groups is 1. The maximum atomic E-state index is 9.56. The Labute approximate surface area is 105 Å². The van der Waals surface area contributed by atoms with Gasteiger partial charge in [-0.2, -0.15) is 0 Å². The number of rotatable bonds is 2. The molecule has 3 heterocycles. The van der Waals surface area contributed by atoms with E-state index in [1.165, 1.54) is 19.3 Å². The van der Waals surface area contributed by atoms with Crippen LogP contribution in [0.15, 0.2) is 11.6 Å². The van der Waals surface area contributed by atoms with Crippen LogP contribution in [-0.4, -0.2) is 27.1 Å². The third-order valence-corrected chi connectivity index (χ3v) is 4.32. The summed E-state index contributed by atoms with van der Waals surface area (Å²) in [5.41, 5.74) is 0.926. The van der Waals surface area contributed by atoms with Crippen molar-refractivity contribution >= 4 is 22.1 Å². The topological polar surface area (TPSA) is 40.8 Å². The smallest absolute Gasteiger partial charge is 0.195 e. The average molecular weight is 251 g/mol. The highest BCUT2D eigenvalue weighted by Crippen LogP contribution is 2.29. The highest BCUT2D eigenvalue weighted by Gasteiger charge is 2.24. The predicted molar refractivity (Wildman–Crippen MR) is 69.7 cm³/mol. The third kappa shape index (κ3) is 1.73. The Morgan fingerprint density at radius 3 is 3.18 bits per heavy atom. The largest absolute Gasteiger partial charge is 0.390 e. The summed E-state index contributed by atoms with van der Waals surface area (Å²) < 4.78 is 2.00. The summed E-state index contributed by atoms with van der Waals surface area (Å²) in [5.74, 6) is 0.978. The van der Waals surface area contributed by atoms with Gasteiger partial charge in [0, 0.05) is 24.2 Å². The van der Waals surface area contributed by atoms with Gasteiger partial charge in [-0.3, -0.25) is 4.40 Å². The number of piperidine rings is 1. The van der Waals surface area contributed by atoms with E-state index in [1.807, 2.05) is 16.0 Å². The lowest BCUT2D eigenvalue weighted by molar-refractivity contribution is 0.275. The number of imidazole rings is 1. The summed E-state index contributed by atoms with van der Waals surface area (Å²) in [7, 11) is 0. The van der Waals surface area contributed by atoms with Crippen molar-refractivity contribution in [2.45, 2.75) is 38.8 Å². The zero-order chi connectivity index (χ0) is 11.8. The molecule has 5 heteroatoms. The molecule has 0 bridgehead atoms. The van der Waals surface area contributed by atoms with E-state index in [-0.39, 0.29) is 6.61 Å². The normalized spacial score (nSPS) is 21.3. The van der Waals surface area contributed by atoms with Gasteiger partial charge in [0.25, 0.3) is 0 Å². The summed E-state index contributed by atoms with van der Waals surface area (Å²) in [5, 5.41) is 11.6. The highest BCUT2D eigenvalue weighted by atomic mass is 32.1. The molecule has 0 saturated carbocycles. The first-order chi connectivity index (χ1) is 8.31.